The molecule has 2 rings (SSSR count). The van der Waals surface area contributed by atoms with Gasteiger partial charge in [0, 0.05) is 19.0 Å². The second-order valence-corrected chi connectivity index (χ2v) is 9.95. The van der Waals surface area contributed by atoms with Gasteiger partial charge in [-0.15, -0.1) is 0 Å². The SMILES string of the molecule is CC[C@@H](C)NC(=O)c1ccccc1NC(=O)CCCN(c1ccc(OC)c(Cl)c1)S(C)(=O)=O. The maximum Gasteiger partial charge on any atom is 0.253 e. The maximum absolute atomic E-state index is 12.5. The van der Waals surface area contributed by atoms with E-state index in [2.05, 4.69) is 10.6 Å². The Morgan fingerprint density at radius 3 is 2.48 bits per heavy atom. The number of nitrogens with zero attached hydrogens (tertiary/aromatic N) is 1. The molecule has 1 atom stereocenters. The normalized spacial score (nSPS) is 12.0. The molecule has 0 bridgehead atoms. The number of methoxy groups -OCH3 is 1. The first-order valence-corrected chi connectivity index (χ1v) is 12.8. The van der Waals surface area contributed by atoms with Crippen LogP contribution in [0.25, 0.3) is 0 Å². The molecule has 0 heterocycles. The van der Waals surface area contributed by atoms with Crippen LogP contribution in [0, 0.1) is 0 Å². The number of ether oxygens (including phenoxy) is 1. The Balaban J connectivity index is 2.04. The van der Waals surface area contributed by atoms with Crippen LogP contribution in [-0.4, -0.2) is 46.2 Å². The minimum atomic E-state index is -3.59. The summed E-state index contributed by atoms with van der Waals surface area (Å²) >= 11 is 6.14. The average Bonchev–Trinajstić information content (AvgIpc) is 2.76. The lowest BCUT2D eigenvalue weighted by atomic mass is 10.1. The van der Waals surface area contributed by atoms with Gasteiger partial charge in [0.15, 0.2) is 0 Å². The van der Waals surface area contributed by atoms with Crippen molar-refractivity contribution in [3.05, 3.63) is 53.1 Å². The number of carbonyl (C=O) groups excluding carboxylic acids is 2. The summed E-state index contributed by atoms with van der Waals surface area (Å²) in [6.07, 6.45) is 2.22. The van der Waals surface area contributed by atoms with Crippen LogP contribution in [-0.2, 0) is 14.8 Å². The maximum atomic E-state index is 12.5. The predicted octanol–water partition coefficient (Wildman–Crippen LogP) is 4.06. The molecule has 0 saturated heterocycles. The number of carbonyl (C=O) groups is 2. The molecular weight excluding hydrogens is 466 g/mol. The molecule has 2 N–H and O–H groups in total. The van der Waals surface area contributed by atoms with Crippen molar-refractivity contribution in [1.29, 1.82) is 0 Å². The number of rotatable bonds is 11. The van der Waals surface area contributed by atoms with Gasteiger partial charge in [0.1, 0.15) is 5.75 Å². The van der Waals surface area contributed by atoms with Gasteiger partial charge in [-0.25, -0.2) is 8.42 Å². The highest BCUT2D eigenvalue weighted by Gasteiger charge is 2.20. The quantitative estimate of drug-likeness (QED) is 0.489. The van der Waals surface area contributed by atoms with E-state index in [1.807, 2.05) is 13.8 Å². The average molecular weight is 496 g/mol. The molecule has 0 saturated carbocycles. The number of sulfonamides is 1. The Kier molecular flexibility index (Phi) is 9.55. The predicted molar refractivity (Wildman–Crippen MR) is 132 cm³/mol. The highest BCUT2D eigenvalue weighted by Crippen LogP contribution is 2.30. The number of nitrogens with one attached hydrogen (secondary N) is 2. The van der Waals surface area contributed by atoms with Crippen LogP contribution in [0.15, 0.2) is 42.5 Å². The van der Waals surface area contributed by atoms with E-state index >= 15 is 0 Å². The van der Waals surface area contributed by atoms with E-state index in [1.165, 1.54) is 17.5 Å². The zero-order valence-electron chi connectivity index (χ0n) is 19.2. The van der Waals surface area contributed by atoms with Crippen molar-refractivity contribution < 1.29 is 22.7 Å². The first-order chi connectivity index (χ1) is 15.6. The van der Waals surface area contributed by atoms with Crippen molar-refractivity contribution in [2.24, 2.45) is 0 Å². The monoisotopic (exact) mass is 495 g/mol. The van der Waals surface area contributed by atoms with Crippen LogP contribution in [0.4, 0.5) is 11.4 Å². The third-order valence-electron chi connectivity index (χ3n) is 5.02. The van der Waals surface area contributed by atoms with Crippen molar-refractivity contribution in [2.45, 2.75) is 39.2 Å². The van der Waals surface area contributed by atoms with Gasteiger partial charge in [0.2, 0.25) is 15.9 Å². The van der Waals surface area contributed by atoms with E-state index in [1.54, 1.807) is 36.4 Å². The van der Waals surface area contributed by atoms with E-state index in [-0.39, 0.29) is 42.3 Å². The van der Waals surface area contributed by atoms with Gasteiger partial charge in [0.25, 0.3) is 5.91 Å². The van der Waals surface area contributed by atoms with Crippen LogP contribution in [0.1, 0.15) is 43.5 Å². The molecule has 0 fully saturated rings. The summed E-state index contributed by atoms with van der Waals surface area (Å²) in [5.74, 6) is -0.149. The molecule has 10 heteroatoms. The summed E-state index contributed by atoms with van der Waals surface area (Å²) in [5.41, 5.74) is 1.16. The minimum Gasteiger partial charge on any atom is -0.495 e. The highest BCUT2D eigenvalue weighted by atomic mass is 35.5. The third kappa shape index (κ3) is 7.64. The summed E-state index contributed by atoms with van der Waals surface area (Å²) in [4.78, 5) is 25.0. The minimum absolute atomic E-state index is 0.00897. The summed E-state index contributed by atoms with van der Waals surface area (Å²) in [5, 5.41) is 5.92. The largest absolute Gasteiger partial charge is 0.495 e. The molecule has 8 nitrogen and oxygen atoms in total. The van der Waals surface area contributed by atoms with Crippen molar-refractivity contribution in [3.8, 4) is 5.75 Å². The van der Waals surface area contributed by atoms with Gasteiger partial charge < -0.3 is 15.4 Å². The molecule has 33 heavy (non-hydrogen) atoms. The second kappa shape index (κ2) is 11.9. The molecule has 0 spiro atoms. The summed E-state index contributed by atoms with van der Waals surface area (Å²) < 4.78 is 30.9. The zero-order valence-corrected chi connectivity index (χ0v) is 20.8. The summed E-state index contributed by atoms with van der Waals surface area (Å²) in [6.45, 7) is 3.96. The summed E-state index contributed by atoms with van der Waals surface area (Å²) in [7, 11) is -2.12. The zero-order chi connectivity index (χ0) is 24.6. The van der Waals surface area contributed by atoms with E-state index in [4.69, 9.17) is 16.3 Å². The highest BCUT2D eigenvalue weighted by molar-refractivity contribution is 7.92. The molecule has 0 aliphatic carbocycles. The Morgan fingerprint density at radius 1 is 1.18 bits per heavy atom. The van der Waals surface area contributed by atoms with Crippen LogP contribution >= 0.6 is 11.6 Å². The van der Waals surface area contributed by atoms with Crippen LogP contribution in [0.2, 0.25) is 5.02 Å². The van der Waals surface area contributed by atoms with Gasteiger partial charge in [-0.3, -0.25) is 13.9 Å². The molecule has 2 aromatic carbocycles. The van der Waals surface area contributed by atoms with Crippen LogP contribution < -0.4 is 19.7 Å². The molecule has 0 radical (unpaired) electrons. The van der Waals surface area contributed by atoms with Gasteiger partial charge in [-0.1, -0.05) is 30.7 Å². The lowest BCUT2D eigenvalue weighted by Gasteiger charge is -2.23. The standard InChI is InChI=1S/C23H30ClN3O5S/c1-5-16(2)25-23(29)18-9-6-7-10-20(18)26-22(28)11-8-14-27(33(4,30)31)17-12-13-21(32-3)19(24)15-17/h6-7,9-10,12-13,15-16H,5,8,11,14H2,1-4H3,(H,25,29)(H,26,28)/t16-/m1/s1. The van der Waals surface area contributed by atoms with Gasteiger partial charge >= 0.3 is 0 Å². The van der Waals surface area contributed by atoms with E-state index < -0.39 is 10.0 Å². The van der Waals surface area contributed by atoms with Crippen LogP contribution in [0.3, 0.4) is 0 Å². The molecule has 2 aromatic rings. The van der Waals surface area contributed by atoms with Crippen LogP contribution in [0.5, 0.6) is 5.75 Å². The Labute approximate surface area is 200 Å². The van der Waals surface area contributed by atoms with Crippen molar-refractivity contribution in [1.82, 2.24) is 5.32 Å². The number of para-hydroxylation sites is 1. The Morgan fingerprint density at radius 2 is 1.88 bits per heavy atom. The molecule has 180 valence electrons. The smallest absolute Gasteiger partial charge is 0.253 e. The van der Waals surface area contributed by atoms with E-state index in [0.717, 1.165) is 12.7 Å². The van der Waals surface area contributed by atoms with Crippen molar-refractivity contribution in [3.63, 3.8) is 0 Å². The lowest BCUT2D eigenvalue weighted by molar-refractivity contribution is -0.116. The molecule has 0 aliphatic rings. The second-order valence-electron chi connectivity index (χ2n) is 7.63. The topological polar surface area (TPSA) is 105 Å². The molecule has 0 aromatic heterocycles. The van der Waals surface area contributed by atoms with Gasteiger partial charge in [-0.2, -0.15) is 0 Å². The fourth-order valence-electron chi connectivity index (χ4n) is 3.09. The van der Waals surface area contributed by atoms with E-state index in [0.29, 0.717) is 22.7 Å². The number of anilines is 2. The number of amides is 2. The number of hydrogen-bond acceptors (Lipinski definition) is 5. The first kappa shape index (κ1) is 26.5. The molecular formula is C23H30ClN3O5S. The molecule has 0 unspecified atom stereocenters. The van der Waals surface area contributed by atoms with Crippen molar-refractivity contribution >= 4 is 44.8 Å². The molecule has 2 amide bonds. The van der Waals surface area contributed by atoms with Gasteiger partial charge in [-0.05, 0) is 50.1 Å². The summed E-state index contributed by atoms with van der Waals surface area (Å²) in [6, 6.07) is 11.5. The van der Waals surface area contributed by atoms with E-state index in [9.17, 15) is 18.0 Å². The third-order valence-corrected chi connectivity index (χ3v) is 6.51. The number of hydrogen-bond donors (Lipinski definition) is 2. The number of benzene rings is 2. The van der Waals surface area contributed by atoms with Gasteiger partial charge in [0.05, 0.1) is 35.3 Å². The lowest BCUT2D eigenvalue weighted by Crippen LogP contribution is -2.33. The first-order valence-electron chi connectivity index (χ1n) is 10.6. The fourth-order valence-corrected chi connectivity index (χ4v) is 4.30. The fraction of sp³-hybridized carbons (Fsp3) is 0.391. The van der Waals surface area contributed by atoms with Crippen molar-refractivity contribution in [2.75, 3.05) is 29.5 Å². The Hall–Kier alpha value is -2.78. The number of halogens is 1. The Bertz CT molecular complexity index is 1090. The molecule has 0 aliphatic heterocycles.